The normalized spacial score (nSPS) is 19.1. The minimum absolute atomic E-state index is 0.642. The lowest BCUT2D eigenvalue weighted by molar-refractivity contribution is 0.408. The van der Waals surface area contributed by atoms with Gasteiger partial charge in [-0.1, -0.05) is 30.3 Å². The smallest absolute Gasteiger partial charge is 0.00852 e. The predicted molar refractivity (Wildman–Crippen MR) is 77.7 cm³/mol. The maximum Gasteiger partial charge on any atom is 0.00852 e. The SMILES string of the molecule is CC(CCc1ccccc1)NC1CCSCC1. The minimum Gasteiger partial charge on any atom is -0.311 e. The first kappa shape index (κ1) is 13.0. The van der Waals surface area contributed by atoms with Crippen molar-refractivity contribution in [2.75, 3.05) is 11.5 Å². The molecule has 1 N–H and O–H groups in total. The molecule has 2 heteroatoms. The van der Waals surface area contributed by atoms with Crippen LogP contribution in [-0.4, -0.2) is 23.6 Å². The van der Waals surface area contributed by atoms with Gasteiger partial charge in [0.2, 0.25) is 0 Å². The van der Waals surface area contributed by atoms with Crippen LogP contribution in [0.2, 0.25) is 0 Å². The van der Waals surface area contributed by atoms with E-state index in [2.05, 4.69) is 54.3 Å². The Morgan fingerprint density at radius 3 is 2.65 bits per heavy atom. The highest BCUT2D eigenvalue weighted by Gasteiger charge is 2.15. The lowest BCUT2D eigenvalue weighted by atomic mass is 10.0. The molecule has 1 aromatic rings. The van der Waals surface area contributed by atoms with E-state index in [4.69, 9.17) is 0 Å². The first-order valence-electron chi connectivity index (χ1n) is 6.72. The lowest BCUT2D eigenvalue weighted by Gasteiger charge is -2.26. The van der Waals surface area contributed by atoms with Crippen LogP contribution in [0.15, 0.2) is 30.3 Å². The van der Waals surface area contributed by atoms with E-state index in [1.54, 1.807) is 0 Å². The van der Waals surface area contributed by atoms with Crippen molar-refractivity contribution in [2.45, 2.75) is 44.7 Å². The first-order valence-corrected chi connectivity index (χ1v) is 7.88. The molecule has 94 valence electrons. The second-order valence-electron chi connectivity index (χ2n) is 4.98. The Morgan fingerprint density at radius 2 is 1.94 bits per heavy atom. The monoisotopic (exact) mass is 249 g/mol. The van der Waals surface area contributed by atoms with E-state index in [1.807, 2.05) is 0 Å². The van der Waals surface area contributed by atoms with E-state index in [9.17, 15) is 0 Å². The van der Waals surface area contributed by atoms with E-state index in [0.717, 1.165) is 6.04 Å². The average Bonchev–Trinajstić information content (AvgIpc) is 2.39. The van der Waals surface area contributed by atoms with Gasteiger partial charge in [0.1, 0.15) is 0 Å². The number of nitrogens with one attached hydrogen (secondary N) is 1. The Balaban J connectivity index is 1.68. The number of aryl methyl sites for hydroxylation is 1. The van der Waals surface area contributed by atoms with E-state index in [0.29, 0.717) is 6.04 Å². The van der Waals surface area contributed by atoms with Crippen LogP contribution in [0.3, 0.4) is 0 Å². The molecule has 1 aliphatic rings. The summed E-state index contributed by atoms with van der Waals surface area (Å²) in [6, 6.07) is 12.2. The third-order valence-electron chi connectivity index (χ3n) is 3.45. The van der Waals surface area contributed by atoms with Crippen molar-refractivity contribution < 1.29 is 0 Å². The molecular formula is C15H23NS. The van der Waals surface area contributed by atoms with Gasteiger partial charge in [0.25, 0.3) is 0 Å². The van der Waals surface area contributed by atoms with Crippen molar-refractivity contribution in [1.82, 2.24) is 5.32 Å². The second-order valence-corrected chi connectivity index (χ2v) is 6.20. The highest BCUT2D eigenvalue weighted by Crippen LogP contribution is 2.17. The summed E-state index contributed by atoms with van der Waals surface area (Å²) in [6.07, 6.45) is 5.13. The number of hydrogen-bond donors (Lipinski definition) is 1. The second kappa shape index (κ2) is 7.07. The first-order chi connectivity index (χ1) is 8.34. The molecule has 1 aromatic carbocycles. The Kier molecular flexibility index (Phi) is 5.40. The largest absolute Gasteiger partial charge is 0.311 e. The summed E-state index contributed by atoms with van der Waals surface area (Å²) in [7, 11) is 0. The molecule has 0 aromatic heterocycles. The molecule has 17 heavy (non-hydrogen) atoms. The summed E-state index contributed by atoms with van der Waals surface area (Å²) in [5.74, 6) is 2.67. The molecule has 0 radical (unpaired) electrons. The van der Waals surface area contributed by atoms with E-state index in [-0.39, 0.29) is 0 Å². The maximum atomic E-state index is 3.78. The van der Waals surface area contributed by atoms with Gasteiger partial charge in [0.05, 0.1) is 0 Å². The predicted octanol–water partition coefficient (Wildman–Crippen LogP) is 3.49. The van der Waals surface area contributed by atoms with Gasteiger partial charge in [-0.3, -0.25) is 0 Å². The Bertz CT molecular complexity index is 306. The molecule has 1 saturated heterocycles. The van der Waals surface area contributed by atoms with E-state index >= 15 is 0 Å². The van der Waals surface area contributed by atoms with Crippen molar-refractivity contribution in [3.63, 3.8) is 0 Å². The average molecular weight is 249 g/mol. The summed E-state index contributed by atoms with van der Waals surface area (Å²) >= 11 is 2.10. The van der Waals surface area contributed by atoms with Crippen LogP contribution in [0.25, 0.3) is 0 Å². The van der Waals surface area contributed by atoms with Crippen molar-refractivity contribution >= 4 is 11.8 Å². The molecule has 1 fully saturated rings. The van der Waals surface area contributed by atoms with E-state index < -0.39 is 0 Å². The quantitative estimate of drug-likeness (QED) is 0.857. The minimum atomic E-state index is 0.642. The molecular weight excluding hydrogens is 226 g/mol. The summed E-state index contributed by atoms with van der Waals surface area (Å²) in [5, 5.41) is 3.78. The molecule has 0 bridgehead atoms. The molecule has 1 unspecified atom stereocenters. The number of benzene rings is 1. The molecule has 1 aliphatic heterocycles. The topological polar surface area (TPSA) is 12.0 Å². The summed E-state index contributed by atoms with van der Waals surface area (Å²) in [4.78, 5) is 0. The Morgan fingerprint density at radius 1 is 1.24 bits per heavy atom. The zero-order valence-corrected chi connectivity index (χ0v) is 11.5. The molecule has 0 amide bonds. The Labute approximate surface area is 109 Å². The molecule has 1 atom stereocenters. The van der Waals surface area contributed by atoms with Gasteiger partial charge in [-0.2, -0.15) is 11.8 Å². The fourth-order valence-corrected chi connectivity index (χ4v) is 3.48. The third kappa shape index (κ3) is 4.72. The van der Waals surface area contributed by atoms with Gasteiger partial charge in [-0.05, 0) is 49.7 Å². The van der Waals surface area contributed by atoms with Crippen LogP contribution >= 0.6 is 11.8 Å². The molecule has 0 saturated carbocycles. The zero-order valence-electron chi connectivity index (χ0n) is 10.7. The molecule has 1 heterocycles. The molecule has 2 rings (SSSR count). The summed E-state index contributed by atoms with van der Waals surface area (Å²) in [5.41, 5.74) is 1.46. The fraction of sp³-hybridized carbons (Fsp3) is 0.600. The lowest BCUT2D eigenvalue weighted by Crippen LogP contribution is -2.39. The summed E-state index contributed by atoms with van der Waals surface area (Å²) < 4.78 is 0. The van der Waals surface area contributed by atoms with Crippen molar-refractivity contribution in [3.8, 4) is 0 Å². The molecule has 0 spiro atoms. The third-order valence-corrected chi connectivity index (χ3v) is 4.50. The van der Waals surface area contributed by atoms with Gasteiger partial charge in [0.15, 0.2) is 0 Å². The number of rotatable bonds is 5. The standard InChI is InChI=1S/C15H23NS/c1-13(16-15-9-11-17-12-10-15)7-8-14-5-3-2-4-6-14/h2-6,13,15-16H,7-12H2,1H3. The van der Waals surface area contributed by atoms with Crippen LogP contribution in [0.4, 0.5) is 0 Å². The zero-order chi connectivity index (χ0) is 11.9. The van der Waals surface area contributed by atoms with Gasteiger partial charge in [-0.25, -0.2) is 0 Å². The van der Waals surface area contributed by atoms with Gasteiger partial charge in [0, 0.05) is 12.1 Å². The number of hydrogen-bond acceptors (Lipinski definition) is 2. The highest BCUT2D eigenvalue weighted by molar-refractivity contribution is 7.99. The van der Waals surface area contributed by atoms with Crippen LogP contribution in [-0.2, 0) is 6.42 Å². The van der Waals surface area contributed by atoms with Crippen molar-refractivity contribution in [2.24, 2.45) is 0 Å². The van der Waals surface area contributed by atoms with Gasteiger partial charge >= 0.3 is 0 Å². The van der Waals surface area contributed by atoms with Crippen molar-refractivity contribution in [3.05, 3.63) is 35.9 Å². The summed E-state index contributed by atoms with van der Waals surface area (Å²) in [6.45, 7) is 2.32. The van der Waals surface area contributed by atoms with Crippen LogP contribution in [0.5, 0.6) is 0 Å². The van der Waals surface area contributed by atoms with E-state index in [1.165, 1.54) is 42.8 Å². The van der Waals surface area contributed by atoms with Crippen LogP contribution in [0, 0.1) is 0 Å². The van der Waals surface area contributed by atoms with Gasteiger partial charge < -0.3 is 5.32 Å². The fourth-order valence-electron chi connectivity index (χ4n) is 2.38. The highest BCUT2D eigenvalue weighted by atomic mass is 32.2. The van der Waals surface area contributed by atoms with Crippen LogP contribution < -0.4 is 5.32 Å². The van der Waals surface area contributed by atoms with Gasteiger partial charge in [-0.15, -0.1) is 0 Å². The van der Waals surface area contributed by atoms with Crippen molar-refractivity contribution in [1.29, 1.82) is 0 Å². The van der Waals surface area contributed by atoms with Crippen LogP contribution in [0.1, 0.15) is 31.7 Å². The molecule has 1 nitrogen and oxygen atoms in total. The molecule has 0 aliphatic carbocycles. The maximum absolute atomic E-state index is 3.78. The number of thioether (sulfide) groups is 1. The Hall–Kier alpha value is -0.470.